The van der Waals surface area contributed by atoms with Gasteiger partial charge in [0.2, 0.25) is 0 Å². The molecule has 1 fully saturated rings. The molecule has 0 unspecified atom stereocenters. The predicted octanol–water partition coefficient (Wildman–Crippen LogP) is 2.16. The van der Waals surface area contributed by atoms with Crippen LogP contribution in [0, 0.1) is 28.6 Å². The van der Waals surface area contributed by atoms with Crippen molar-refractivity contribution in [3.05, 3.63) is 47.8 Å². The summed E-state index contributed by atoms with van der Waals surface area (Å²) in [4.78, 5) is 10.8. The van der Waals surface area contributed by atoms with E-state index in [1.54, 1.807) is 24.5 Å². The molecule has 2 aromatic rings. The quantitative estimate of drug-likeness (QED) is 0.931. The average molecular weight is 304 g/mol. The third-order valence-electron chi connectivity index (χ3n) is 3.95. The van der Waals surface area contributed by atoms with E-state index in [0.29, 0.717) is 17.0 Å². The first-order valence-corrected chi connectivity index (χ1v) is 7.49. The number of hydrogen-bond donors (Lipinski definition) is 1. The fraction of sp³-hybridized carbons (Fsp3) is 0.294. The summed E-state index contributed by atoms with van der Waals surface area (Å²) in [5.41, 5.74) is 1.15. The summed E-state index contributed by atoms with van der Waals surface area (Å²) in [7, 11) is 0. The van der Waals surface area contributed by atoms with E-state index in [2.05, 4.69) is 32.3 Å². The van der Waals surface area contributed by atoms with Gasteiger partial charge in [0.25, 0.3) is 0 Å². The fourth-order valence-corrected chi connectivity index (χ4v) is 2.66. The number of rotatable bonds is 4. The molecule has 0 bridgehead atoms. The monoisotopic (exact) mass is 304 g/mol. The van der Waals surface area contributed by atoms with Crippen molar-refractivity contribution in [2.24, 2.45) is 5.92 Å². The number of nitrogens with one attached hydrogen (secondary N) is 1. The fourth-order valence-electron chi connectivity index (χ4n) is 2.66. The second kappa shape index (κ2) is 6.76. The Balaban J connectivity index is 1.53. The number of hydrogen-bond acceptors (Lipinski definition) is 6. The molecule has 1 aliphatic rings. The molecule has 1 saturated heterocycles. The standard InChI is InChI=1S/C17H16N6/c18-7-13-1-3-16(20-9-13)21-11-15-5-6-23(12-15)17-4-2-14(8-19)10-22-17/h1-4,9-10,15H,5-6,11-12H2,(H,20,21)/t15-/m0/s1. The zero-order valence-corrected chi connectivity index (χ0v) is 12.6. The normalized spacial score (nSPS) is 16.6. The van der Waals surface area contributed by atoms with Crippen LogP contribution in [0.4, 0.5) is 11.6 Å². The third kappa shape index (κ3) is 3.56. The van der Waals surface area contributed by atoms with Crippen LogP contribution in [0.1, 0.15) is 17.5 Å². The summed E-state index contributed by atoms with van der Waals surface area (Å²) in [6, 6.07) is 11.4. The molecule has 1 atom stereocenters. The molecule has 1 N–H and O–H groups in total. The van der Waals surface area contributed by atoms with Gasteiger partial charge >= 0.3 is 0 Å². The zero-order chi connectivity index (χ0) is 16.1. The molecule has 6 heteroatoms. The van der Waals surface area contributed by atoms with Crippen molar-refractivity contribution in [1.82, 2.24) is 9.97 Å². The van der Waals surface area contributed by atoms with Gasteiger partial charge in [-0.1, -0.05) is 0 Å². The molecule has 0 spiro atoms. The van der Waals surface area contributed by atoms with Gasteiger partial charge in [-0.3, -0.25) is 0 Å². The Labute approximate surface area is 135 Å². The molecular formula is C17H16N6. The van der Waals surface area contributed by atoms with E-state index in [1.165, 1.54) is 0 Å². The zero-order valence-electron chi connectivity index (χ0n) is 12.6. The van der Waals surface area contributed by atoms with Crippen molar-refractivity contribution in [3.63, 3.8) is 0 Å². The van der Waals surface area contributed by atoms with Gasteiger partial charge in [-0.25, -0.2) is 9.97 Å². The summed E-state index contributed by atoms with van der Waals surface area (Å²) in [6.07, 6.45) is 4.27. The largest absolute Gasteiger partial charge is 0.370 e. The molecule has 3 rings (SSSR count). The average Bonchev–Trinajstić information content (AvgIpc) is 3.09. The van der Waals surface area contributed by atoms with Crippen LogP contribution in [0.15, 0.2) is 36.7 Å². The molecule has 6 nitrogen and oxygen atoms in total. The Hall–Kier alpha value is -3.12. The number of anilines is 2. The first-order valence-electron chi connectivity index (χ1n) is 7.49. The highest BCUT2D eigenvalue weighted by atomic mass is 15.2. The second-order valence-corrected chi connectivity index (χ2v) is 5.54. The summed E-state index contributed by atoms with van der Waals surface area (Å²) < 4.78 is 0. The van der Waals surface area contributed by atoms with Crippen LogP contribution in [0.25, 0.3) is 0 Å². The van der Waals surface area contributed by atoms with Crippen molar-refractivity contribution >= 4 is 11.6 Å². The molecule has 3 heterocycles. The lowest BCUT2D eigenvalue weighted by atomic mass is 10.1. The molecule has 0 saturated carbocycles. The van der Waals surface area contributed by atoms with Gasteiger partial charge in [-0.15, -0.1) is 0 Å². The highest BCUT2D eigenvalue weighted by molar-refractivity contribution is 5.43. The maximum Gasteiger partial charge on any atom is 0.128 e. The molecule has 0 aliphatic carbocycles. The summed E-state index contributed by atoms with van der Waals surface area (Å²) >= 11 is 0. The lowest BCUT2D eigenvalue weighted by molar-refractivity contribution is 0.621. The van der Waals surface area contributed by atoms with Gasteiger partial charge in [-0.2, -0.15) is 10.5 Å². The molecule has 0 amide bonds. The molecule has 114 valence electrons. The molecule has 0 aromatic carbocycles. The summed E-state index contributed by atoms with van der Waals surface area (Å²) in [5.74, 6) is 2.23. The minimum atomic E-state index is 0.518. The van der Waals surface area contributed by atoms with Gasteiger partial charge in [0.1, 0.15) is 23.8 Å². The summed E-state index contributed by atoms with van der Waals surface area (Å²) in [6.45, 7) is 2.74. The maximum atomic E-state index is 8.81. The highest BCUT2D eigenvalue weighted by Crippen LogP contribution is 2.22. The molecule has 2 aromatic heterocycles. The maximum absolute atomic E-state index is 8.81. The SMILES string of the molecule is N#Cc1ccc(NC[C@@H]2CCN(c3ccc(C#N)cn3)C2)nc1. The number of nitriles is 2. The lowest BCUT2D eigenvalue weighted by Crippen LogP contribution is -2.23. The van der Waals surface area contributed by atoms with Crippen molar-refractivity contribution < 1.29 is 0 Å². The van der Waals surface area contributed by atoms with E-state index in [-0.39, 0.29) is 0 Å². The van der Waals surface area contributed by atoms with Crippen LogP contribution in [0.2, 0.25) is 0 Å². The lowest BCUT2D eigenvalue weighted by Gasteiger charge is -2.17. The minimum Gasteiger partial charge on any atom is -0.370 e. The Morgan fingerprint density at radius 1 is 1.09 bits per heavy atom. The molecule has 0 radical (unpaired) electrons. The van der Waals surface area contributed by atoms with E-state index < -0.39 is 0 Å². The minimum absolute atomic E-state index is 0.518. The van der Waals surface area contributed by atoms with Gasteiger partial charge in [0.05, 0.1) is 11.1 Å². The van der Waals surface area contributed by atoms with Crippen LogP contribution in [-0.2, 0) is 0 Å². The van der Waals surface area contributed by atoms with Crippen LogP contribution >= 0.6 is 0 Å². The highest BCUT2D eigenvalue weighted by Gasteiger charge is 2.23. The number of pyridine rings is 2. The van der Waals surface area contributed by atoms with Gasteiger partial charge in [-0.05, 0) is 36.6 Å². The Morgan fingerprint density at radius 3 is 2.43 bits per heavy atom. The number of nitrogens with zero attached hydrogens (tertiary/aromatic N) is 5. The number of aromatic nitrogens is 2. The molecule has 23 heavy (non-hydrogen) atoms. The Morgan fingerprint density at radius 2 is 1.83 bits per heavy atom. The predicted molar refractivity (Wildman–Crippen MR) is 86.7 cm³/mol. The molecule has 1 aliphatic heterocycles. The summed E-state index contributed by atoms with van der Waals surface area (Å²) in [5, 5.41) is 20.9. The van der Waals surface area contributed by atoms with Crippen LogP contribution in [0.3, 0.4) is 0 Å². The van der Waals surface area contributed by atoms with E-state index in [9.17, 15) is 0 Å². The smallest absolute Gasteiger partial charge is 0.128 e. The third-order valence-corrected chi connectivity index (χ3v) is 3.95. The van der Waals surface area contributed by atoms with Crippen LogP contribution in [-0.4, -0.2) is 29.6 Å². The second-order valence-electron chi connectivity index (χ2n) is 5.54. The first-order chi connectivity index (χ1) is 11.3. The van der Waals surface area contributed by atoms with Crippen molar-refractivity contribution in [1.29, 1.82) is 10.5 Å². The van der Waals surface area contributed by atoms with E-state index in [0.717, 1.165) is 37.7 Å². The van der Waals surface area contributed by atoms with Crippen molar-refractivity contribution in [2.75, 3.05) is 29.9 Å². The van der Waals surface area contributed by atoms with Crippen LogP contribution in [0.5, 0.6) is 0 Å². The van der Waals surface area contributed by atoms with E-state index >= 15 is 0 Å². The topological polar surface area (TPSA) is 88.6 Å². The van der Waals surface area contributed by atoms with Gasteiger partial charge in [0, 0.05) is 32.0 Å². The van der Waals surface area contributed by atoms with E-state index in [4.69, 9.17) is 10.5 Å². The Kier molecular flexibility index (Phi) is 4.35. The van der Waals surface area contributed by atoms with Crippen molar-refractivity contribution in [2.45, 2.75) is 6.42 Å². The first kappa shape index (κ1) is 14.8. The van der Waals surface area contributed by atoms with Crippen molar-refractivity contribution in [3.8, 4) is 12.1 Å². The molecular weight excluding hydrogens is 288 g/mol. The van der Waals surface area contributed by atoms with E-state index in [1.807, 2.05) is 12.1 Å². The van der Waals surface area contributed by atoms with Gasteiger partial charge in [0.15, 0.2) is 0 Å². The van der Waals surface area contributed by atoms with Gasteiger partial charge < -0.3 is 10.2 Å². The Bertz CT molecular complexity index is 739. The van der Waals surface area contributed by atoms with Crippen LogP contribution < -0.4 is 10.2 Å².